The van der Waals surface area contributed by atoms with Crippen LogP contribution in [0.15, 0.2) is 4.47 Å². The minimum atomic E-state index is -0.0583. The highest BCUT2D eigenvalue weighted by molar-refractivity contribution is 9.10. The molecule has 2 N–H and O–H groups in total. The lowest BCUT2D eigenvalue weighted by molar-refractivity contribution is 0.311. The SMILES string of the molecule is CN1CCN(c2nc(N)c(Br)c(C(C)(C)C)n2)CC1. The molecule has 0 bridgehead atoms. The van der Waals surface area contributed by atoms with E-state index in [-0.39, 0.29) is 5.41 Å². The molecule has 1 aliphatic heterocycles. The van der Waals surface area contributed by atoms with Crippen LogP contribution >= 0.6 is 15.9 Å². The second-order valence-electron chi connectivity index (χ2n) is 6.11. The molecule has 0 radical (unpaired) electrons. The number of nitrogen functional groups attached to an aromatic ring is 1. The van der Waals surface area contributed by atoms with Crippen LogP contribution in [0.5, 0.6) is 0 Å². The Morgan fingerprint density at radius 1 is 1.11 bits per heavy atom. The van der Waals surface area contributed by atoms with E-state index in [4.69, 9.17) is 10.7 Å². The maximum absolute atomic E-state index is 6.02. The standard InChI is InChI=1S/C13H22BrN5/c1-13(2,3)10-9(14)11(15)17-12(16-10)19-7-5-18(4)6-8-19/h5-8H2,1-4H3,(H2,15,16,17). The molecule has 1 aromatic rings. The molecule has 0 atom stereocenters. The zero-order chi connectivity index (χ0) is 14.2. The summed E-state index contributed by atoms with van der Waals surface area (Å²) in [4.78, 5) is 13.7. The number of aromatic nitrogens is 2. The summed E-state index contributed by atoms with van der Waals surface area (Å²) in [5, 5.41) is 0. The summed E-state index contributed by atoms with van der Waals surface area (Å²) in [5.74, 6) is 1.27. The molecule has 1 aliphatic rings. The third-order valence-corrected chi connectivity index (χ3v) is 4.14. The number of piperazine rings is 1. The predicted molar refractivity (Wildman–Crippen MR) is 82.6 cm³/mol. The van der Waals surface area contributed by atoms with Crippen molar-refractivity contribution < 1.29 is 0 Å². The molecule has 5 nitrogen and oxygen atoms in total. The molecule has 2 rings (SSSR count). The monoisotopic (exact) mass is 327 g/mol. The maximum Gasteiger partial charge on any atom is 0.227 e. The molecule has 0 saturated carbocycles. The van der Waals surface area contributed by atoms with Crippen molar-refractivity contribution >= 4 is 27.7 Å². The van der Waals surface area contributed by atoms with E-state index in [1.807, 2.05) is 0 Å². The molecular weight excluding hydrogens is 306 g/mol. The van der Waals surface area contributed by atoms with E-state index in [0.29, 0.717) is 5.82 Å². The Morgan fingerprint density at radius 3 is 2.21 bits per heavy atom. The largest absolute Gasteiger partial charge is 0.383 e. The second-order valence-corrected chi connectivity index (χ2v) is 6.90. The number of hydrogen-bond acceptors (Lipinski definition) is 5. The van der Waals surface area contributed by atoms with Crippen LogP contribution in [0.25, 0.3) is 0 Å². The van der Waals surface area contributed by atoms with E-state index in [1.165, 1.54) is 0 Å². The fourth-order valence-corrected chi connectivity index (χ4v) is 2.87. The first-order valence-electron chi connectivity index (χ1n) is 6.56. The van der Waals surface area contributed by atoms with Crippen LogP contribution in [-0.2, 0) is 5.41 Å². The van der Waals surface area contributed by atoms with E-state index in [0.717, 1.165) is 42.3 Å². The van der Waals surface area contributed by atoms with Gasteiger partial charge in [0.1, 0.15) is 5.82 Å². The number of anilines is 2. The average Bonchev–Trinajstić information content (AvgIpc) is 2.32. The molecule has 0 aliphatic carbocycles. The topological polar surface area (TPSA) is 58.3 Å². The van der Waals surface area contributed by atoms with E-state index in [1.54, 1.807) is 0 Å². The van der Waals surface area contributed by atoms with Gasteiger partial charge in [-0.1, -0.05) is 20.8 Å². The average molecular weight is 328 g/mol. The zero-order valence-electron chi connectivity index (χ0n) is 12.1. The molecule has 1 aromatic heterocycles. The summed E-state index contributed by atoms with van der Waals surface area (Å²) in [6, 6.07) is 0. The summed E-state index contributed by atoms with van der Waals surface area (Å²) >= 11 is 3.51. The van der Waals surface area contributed by atoms with Gasteiger partial charge in [0.15, 0.2) is 0 Å². The first-order valence-corrected chi connectivity index (χ1v) is 7.35. The van der Waals surface area contributed by atoms with Gasteiger partial charge in [-0.3, -0.25) is 0 Å². The van der Waals surface area contributed by atoms with Crippen molar-refractivity contribution in [1.82, 2.24) is 14.9 Å². The first kappa shape index (κ1) is 14.5. The van der Waals surface area contributed by atoms with Gasteiger partial charge < -0.3 is 15.5 Å². The van der Waals surface area contributed by atoms with Crippen molar-refractivity contribution in [3.05, 3.63) is 10.2 Å². The molecule has 1 fully saturated rings. The van der Waals surface area contributed by atoms with Gasteiger partial charge in [-0.05, 0) is 23.0 Å². The van der Waals surface area contributed by atoms with Crippen molar-refractivity contribution in [2.24, 2.45) is 0 Å². The van der Waals surface area contributed by atoms with Crippen LogP contribution < -0.4 is 10.6 Å². The molecule has 0 amide bonds. The van der Waals surface area contributed by atoms with Gasteiger partial charge in [-0.15, -0.1) is 0 Å². The van der Waals surface area contributed by atoms with E-state index < -0.39 is 0 Å². The highest BCUT2D eigenvalue weighted by atomic mass is 79.9. The Morgan fingerprint density at radius 2 is 1.68 bits per heavy atom. The lowest BCUT2D eigenvalue weighted by Gasteiger charge is -2.33. The van der Waals surface area contributed by atoms with Gasteiger partial charge in [0, 0.05) is 31.6 Å². The Kier molecular flexibility index (Phi) is 4.01. The fraction of sp³-hybridized carbons (Fsp3) is 0.692. The fourth-order valence-electron chi connectivity index (χ4n) is 2.10. The highest BCUT2D eigenvalue weighted by Gasteiger charge is 2.25. The molecule has 19 heavy (non-hydrogen) atoms. The summed E-state index contributed by atoms with van der Waals surface area (Å²) in [6.45, 7) is 10.4. The lowest BCUT2D eigenvalue weighted by Crippen LogP contribution is -2.45. The summed E-state index contributed by atoms with van der Waals surface area (Å²) in [7, 11) is 2.13. The molecule has 2 heterocycles. The number of nitrogens with zero attached hydrogens (tertiary/aromatic N) is 4. The van der Waals surface area contributed by atoms with Gasteiger partial charge in [0.2, 0.25) is 5.95 Å². The highest BCUT2D eigenvalue weighted by Crippen LogP contribution is 2.32. The Balaban J connectivity index is 2.34. The molecule has 0 unspecified atom stereocenters. The Bertz CT molecular complexity index is 461. The third-order valence-electron chi connectivity index (χ3n) is 3.36. The van der Waals surface area contributed by atoms with Gasteiger partial charge in [0.05, 0.1) is 10.2 Å². The summed E-state index contributed by atoms with van der Waals surface area (Å²) in [6.07, 6.45) is 0. The van der Waals surface area contributed by atoms with Crippen LogP contribution in [0.4, 0.5) is 11.8 Å². The summed E-state index contributed by atoms with van der Waals surface area (Å²) in [5.41, 5.74) is 6.93. The van der Waals surface area contributed by atoms with E-state index in [2.05, 4.69) is 58.5 Å². The number of rotatable bonds is 1. The Hall–Kier alpha value is -0.880. The lowest BCUT2D eigenvalue weighted by atomic mass is 9.92. The number of halogens is 1. The molecular formula is C13H22BrN5. The quantitative estimate of drug-likeness (QED) is 0.853. The Labute approximate surface area is 123 Å². The van der Waals surface area contributed by atoms with Crippen molar-refractivity contribution in [2.45, 2.75) is 26.2 Å². The van der Waals surface area contributed by atoms with Crippen LogP contribution in [0.2, 0.25) is 0 Å². The zero-order valence-corrected chi connectivity index (χ0v) is 13.7. The van der Waals surface area contributed by atoms with Gasteiger partial charge in [-0.25, -0.2) is 4.98 Å². The minimum absolute atomic E-state index is 0.0583. The van der Waals surface area contributed by atoms with E-state index >= 15 is 0 Å². The van der Waals surface area contributed by atoms with Crippen molar-refractivity contribution in [3.63, 3.8) is 0 Å². The predicted octanol–water partition coefficient (Wildman–Crippen LogP) is 1.87. The second kappa shape index (κ2) is 5.25. The molecule has 0 spiro atoms. The van der Waals surface area contributed by atoms with E-state index in [9.17, 15) is 0 Å². The van der Waals surface area contributed by atoms with Crippen LogP contribution in [-0.4, -0.2) is 48.1 Å². The molecule has 0 aromatic carbocycles. The molecule has 6 heteroatoms. The van der Waals surface area contributed by atoms with Crippen LogP contribution in [0, 0.1) is 0 Å². The first-order chi connectivity index (χ1) is 8.79. The van der Waals surface area contributed by atoms with Crippen molar-refractivity contribution in [1.29, 1.82) is 0 Å². The smallest absolute Gasteiger partial charge is 0.227 e. The van der Waals surface area contributed by atoms with Crippen LogP contribution in [0.3, 0.4) is 0 Å². The maximum atomic E-state index is 6.02. The number of hydrogen-bond donors (Lipinski definition) is 1. The van der Waals surface area contributed by atoms with Gasteiger partial charge in [-0.2, -0.15) is 4.98 Å². The number of nitrogens with two attached hydrogens (primary N) is 1. The van der Waals surface area contributed by atoms with Gasteiger partial charge >= 0.3 is 0 Å². The van der Waals surface area contributed by atoms with Crippen LogP contribution in [0.1, 0.15) is 26.5 Å². The third kappa shape index (κ3) is 3.17. The normalized spacial score (nSPS) is 17.8. The van der Waals surface area contributed by atoms with Crippen molar-refractivity contribution in [3.8, 4) is 0 Å². The van der Waals surface area contributed by atoms with Crippen molar-refractivity contribution in [2.75, 3.05) is 43.9 Å². The van der Waals surface area contributed by atoms with Gasteiger partial charge in [0.25, 0.3) is 0 Å². The number of likely N-dealkylation sites (N-methyl/N-ethyl adjacent to an activating group) is 1. The minimum Gasteiger partial charge on any atom is -0.383 e. The molecule has 1 saturated heterocycles. The molecule has 106 valence electrons. The summed E-state index contributed by atoms with van der Waals surface area (Å²) < 4.78 is 0.817.